The fourth-order valence-corrected chi connectivity index (χ4v) is 3.92. The highest BCUT2D eigenvalue weighted by Gasteiger charge is 2.26. The van der Waals surface area contributed by atoms with Crippen LogP contribution >= 0.6 is 11.6 Å². The molecule has 0 amide bonds. The molecule has 1 aliphatic carbocycles. The summed E-state index contributed by atoms with van der Waals surface area (Å²) in [6.07, 6.45) is 5.77. The molecule has 1 saturated carbocycles. The summed E-state index contributed by atoms with van der Waals surface area (Å²) in [5, 5.41) is 13.5. The Morgan fingerprint density at radius 2 is 1.94 bits per heavy atom. The van der Waals surface area contributed by atoms with Gasteiger partial charge >= 0.3 is 0 Å². The second-order valence-corrected chi connectivity index (χ2v) is 8.70. The summed E-state index contributed by atoms with van der Waals surface area (Å²) in [4.78, 5) is 13.2. The Bertz CT molecular complexity index is 1310. The molecule has 1 fully saturated rings. The van der Waals surface area contributed by atoms with Crippen molar-refractivity contribution in [2.75, 3.05) is 12.4 Å². The van der Waals surface area contributed by atoms with Gasteiger partial charge in [-0.3, -0.25) is 0 Å². The molecule has 4 aromatic rings. The number of hydrogen-bond acceptors (Lipinski definition) is 7. The first-order chi connectivity index (χ1) is 15.9. The molecule has 0 spiro atoms. The topological polar surface area (TPSA) is 95.6 Å². The lowest BCUT2D eigenvalue weighted by atomic mass is 10.1. The number of methoxy groups -OCH3 is 1. The fraction of sp³-hybridized carbons (Fsp3) is 0.348. The van der Waals surface area contributed by atoms with E-state index in [-0.39, 0.29) is 0 Å². The van der Waals surface area contributed by atoms with E-state index in [2.05, 4.69) is 32.3 Å². The van der Waals surface area contributed by atoms with Crippen LogP contribution in [0, 0.1) is 26.7 Å². The first-order valence-electron chi connectivity index (χ1n) is 10.8. The van der Waals surface area contributed by atoms with E-state index in [0.717, 1.165) is 40.6 Å². The number of aryl methyl sites for hydroxylation is 1. The van der Waals surface area contributed by atoms with Crippen LogP contribution in [0.4, 0.5) is 11.6 Å². The van der Waals surface area contributed by atoms with Gasteiger partial charge in [0.15, 0.2) is 5.82 Å². The average Bonchev–Trinajstić information content (AvgIpc) is 3.56. The average molecular weight is 465 g/mol. The maximum absolute atomic E-state index is 6.33. The number of hydrogen-bond donors (Lipinski definition) is 1. The smallest absolute Gasteiger partial charge is 0.212 e. The Kier molecular flexibility index (Phi) is 5.49. The van der Waals surface area contributed by atoms with Crippen LogP contribution in [0.1, 0.15) is 29.8 Å². The summed E-state index contributed by atoms with van der Waals surface area (Å²) in [6, 6.07) is 5.68. The van der Waals surface area contributed by atoms with Crippen LogP contribution in [-0.2, 0) is 6.54 Å². The number of halogens is 1. The van der Waals surface area contributed by atoms with E-state index in [1.54, 1.807) is 18.0 Å². The zero-order valence-electron chi connectivity index (χ0n) is 19.0. The number of rotatable bonds is 7. The lowest BCUT2D eigenvalue weighted by molar-refractivity contribution is 0.398. The van der Waals surface area contributed by atoms with Gasteiger partial charge in [-0.15, -0.1) is 0 Å². The molecule has 4 heterocycles. The number of ether oxygens (including phenoxy) is 1. The molecular formula is C23H25ClN8O. The van der Waals surface area contributed by atoms with Crippen LogP contribution < -0.4 is 10.1 Å². The van der Waals surface area contributed by atoms with Crippen LogP contribution in [-0.4, -0.2) is 41.6 Å². The van der Waals surface area contributed by atoms with Gasteiger partial charge in [-0.05, 0) is 45.6 Å². The van der Waals surface area contributed by atoms with Gasteiger partial charge in [0.05, 0.1) is 29.2 Å². The van der Waals surface area contributed by atoms with Gasteiger partial charge in [0.2, 0.25) is 5.88 Å². The van der Waals surface area contributed by atoms with Crippen molar-refractivity contribution in [3.63, 3.8) is 0 Å². The first-order valence-corrected chi connectivity index (χ1v) is 11.2. The van der Waals surface area contributed by atoms with Gasteiger partial charge in [0, 0.05) is 36.0 Å². The van der Waals surface area contributed by atoms with Crippen LogP contribution in [0.5, 0.6) is 5.88 Å². The van der Waals surface area contributed by atoms with E-state index in [1.807, 2.05) is 36.7 Å². The number of pyridine rings is 1. The highest BCUT2D eigenvalue weighted by Crippen LogP contribution is 2.35. The maximum Gasteiger partial charge on any atom is 0.212 e. The van der Waals surface area contributed by atoms with Crippen molar-refractivity contribution >= 4 is 23.2 Å². The van der Waals surface area contributed by atoms with Crippen LogP contribution in [0.2, 0.25) is 5.02 Å². The largest absolute Gasteiger partial charge is 0.481 e. The van der Waals surface area contributed by atoms with Crippen molar-refractivity contribution in [2.45, 2.75) is 40.2 Å². The van der Waals surface area contributed by atoms with E-state index in [9.17, 15) is 0 Å². The zero-order chi connectivity index (χ0) is 23.1. The molecule has 0 aromatic carbocycles. The van der Waals surface area contributed by atoms with Crippen molar-refractivity contribution in [1.82, 2.24) is 34.5 Å². The Labute approximate surface area is 196 Å². The monoisotopic (exact) mass is 464 g/mol. The summed E-state index contributed by atoms with van der Waals surface area (Å²) < 4.78 is 8.96. The fourth-order valence-electron chi connectivity index (χ4n) is 3.80. The predicted molar refractivity (Wildman–Crippen MR) is 126 cm³/mol. The maximum atomic E-state index is 6.33. The van der Waals surface area contributed by atoms with Crippen molar-refractivity contribution in [1.29, 1.82) is 0 Å². The zero-order valence-corrected chi connectivity index (χ0v) is 19.8. The number of nitrogens with one attached hydrogen (secondary N) is 1. The van der Waals surface area contributed by atoms with E-state index < -0.39 is 0 Å². The third kappa shape index (κ3) is 4.16. The number of anilines is 2. The minimum absolute atomic E-state index is 0.574. The van der Waals surface area contributed by atoms with E-state index in [0.29, 0.717) is 28.5 Å². The normalized spacial score (nSPS) is 13.4. The van der Waals surface area contributed by atoms with Gasteiger partial charge in [-0.2, -0.15) is 10.2 Å². The lowest BCUT2D eigenvalue weighted by Gasteiger charge is -2.11. The molecule has 0 saturated heterocycles. The number of nitrogens with zero attached hydrogens (tertiary/aromatic N) is 7. The molecular weight excluding hydrogens is 440 g/mol. The van der Waals surface area contributed by atoms with Crippen LogP contribution in [0.15, 0.2) is 30.7 Å². The van der Waals surface area contributed by atoms with Gasteiger partial charge in [0.1, 0.15) is 18.0 Å². The van der Waals surface area contributed by atoms with E-state index in [1.165, 1.54) is 19.2 Å². The third-order valence-electron chi connectivity index (χ3n) is 5.86. The Morgan fingerprint density at radius 1 is 1.12 bits per heavy atom. The predicted octanol–water partition coefficient (Wildman–Crippen LogP) is 4.66. The summed E-state index contributed by atoms with van der Waals surface area (Å²) >= 11 is 6.33. The minimum Gasteiger partial charge on any atom is -0.481 e. The summed E-state index contributed by atoms with van der Waals surface area (Å²) in [7, 11) is 1.61. The Morgan fingerprint density at radius 3 is 2.58 bits per heavy atom. The van der Waals surface area contributed by atoms with Crippen LogP contribution in [0.25, 0.3) is 17.1 Å². The highest BCUT2D eigenvalue weighted by atomic mass is 35.5. The first kappa shape index (κ1) is 21.4. The van der Waals surface area contributed by atoms with Gasteiger partial charge in [-0.1, -0.05) is 11.6 Å². The molecule has 4 aromatic heterocycles. The Hall–Kier alpha value is -3.46. The van der Waals surface area contributed by atoms with E-state index in [4.69, 9.17) is 21.4 Å². The summed E-state index contributed by atoms with van der Waals surface area (Å²) in [5.74, 6) is 3.44. The van der Waals surface area contributed by atoms with Crippen molar-refractivity contribution in [3.05, 3.63) is 52.7 Å². The molecule has 170 valence electrons. The van der Waals surface area contributed by atoms with Gasteiger partial charge < -0.3 is 10.1 Å². The second kappa shape index (κ2) is 8.47. The lowest BCUT2D eigenvalue weighted by Crippen LogP contribution is -2.09. The third-order valence-corrected chi connectivity index (χ3v) is 6.40. The molecule has 0 radical (unpaired) electrons. The van der Waals surface area contributed by atoms with Crippen molar-refractivity contribution < 1.29 is 4.74 Å². The molecule has 0 bridgehead atoms. The highest BCUT2D eigenvalue weighted by molar-refractivity contribution is 6.31. The molecule has 5 rings (SSSR count). The molecule has 9 nitrogen and oxygen atoms in total. The number of aromatic nitrogens is 7. The second-order valence-electron chi connectivity index (χ2n) is 8.32. The summed E-state index contributed by atoms with van der Waals surface area (Å²) in [6.45, 7) is 6.71. The van der Waals surface area contributed by atoms with Gasteiger partial charge in [-0.25, -0.2) is 24.3 Å². The molecule has 1 N–H and O–H groups in total. The minimum atomic E-state index is 0.574. The van der Waals surface area contributed by atoms with Crippen molar-refractivity contribution in [3.8, 4) is 23.0 Å². The molecule has 10 heteroatoms. The van der Waals surface area contributed by atoms with E-state index >= 15 is 0 Å². The van der Waals surface area contributed by atoms with Gasteiger partial charge in [0.25, 0.3) is 0 Å². The molecule has 0 unspecified atom stereocenters. The standard InChI is InChI=1S/C23H25ClN8O/c1-13-22(17-7-8-20(33-4)25-10-17)30-31(11-16-5-6-16)23(13)28-18-9-19(27-12-26-18)32-15(3)21(24)14(2)29-32/h7-10,12,16H,5-6,11H2,1-4H3,(H,26,27,28). The quantitative estimate of drug-likeness (QED) is 0.424. The molecule has 0 aliphatic heterocycles. The molecule has 33 heavy (non-hydrogen) atoms. The molecule has 1 aliphatic rings. The SMILES string of the molecule is COc1ccc(-c2nn(CC3CC3)c(Nc3cc(-n4nc(C)c(Cl)c4C)ncn3)c2C)cn1. The summed E-state index contributed by atoms with van der Waals surface area (Å²) in [5.41, 5.74) is 4.44. The Balaban J connectivity index is 1.51. The molecule has 0 atom stereocenters. The van der Waals surface area contributed by atoms with Crippen molar-refractivity contribution in [2.24, 2.45) is 5.92 Å². The van der Waals surface area contributed by atoms with Crippen LogP contribution in [0.3, 0.4) is 0 Å².